The van der Waals surface area contributed by atoms with Gasteiger partial charge in [-0.25, -0.2) is 0 Å². The number of allylic oxidation sites excluding steroid dienone is 1. The van der Waals surface area contributed by atoms with Crippen molar-refractivity contribution in [1.29, 1.82) is 0 Å². The van der Waals surface area contributed by atoms with E-state index in [1.807, 2.05) is 0 Å². The van der Waals surface area contributed by atoms with E-state index in [4.69, 9.17) is 0 Å². The van der Waals surface area contributed by atoms with Gasteiger partial charge in [0.25, 0.3) is 0 Å². The van der Waals surface area contributed by atoms with Crippen LogP contribution in [0.1, 0.15) is 16.7 Å². The number of benzene rings is 4. The van der Waals surface area contributed by atoms with Crippen LogP contribution in [0.5, 0.6) is 0 Å². The Hall–Kier alpha value is -3.38. The largest absolute Gasteiger partial charge is 0.0619 e. The Kier molecular flexibility index (Phi) is 2.57. The zero-order valence-corrected chi connectivity index (χ0v) is 15.4. The van der Waals surface area contributed by atoms with E-state index in [-0.39, 0.29) is 5.41 Å². The summed E-state index contributed by atoms with van der Waals surface area (Å²) >= 11 is 0. The fourth-order valence-corrected chi connectivity index (χ4v) is 5.62. The van der Waals surface area contributed by atoms with E-state index in [0.29, 0.717) is 0 Å². The molecule has 1 unspecified atom stereocenters. The third kappa shape index (κ3) is 1.67. The fraction of sp³-hybridized carbons (Fsp3) is 0.0714. The second kappa shape index (κ2) is 4.91. The predicted octanol–water partition coefficient (Wildman–Crippen LogP) is 4.97. The summed E-state index contributed by atoms with van der Waals surface area (Å²) in [4.78, 5) is 0. The van der Waals surface area contributed by atoms with Gasteiger partial charge in [0, 0.05) is 5.41 Å². The lowest BCUT2D eigenvalue weighted by molar-refractivity contribution is 0.671. The van der Waals surface area contributed by atoms with Gasteiger partial charge in [0.2, 0.25) is 0 Å². The summed E-state index contributed by atoms with van der Waals surface area (Å²) in [5, 5.41) is 5.47. The molecule has 0 aliphatic heterocycles. The van der Waals surface area contributed by atoms with Crippen molar-refractivity contribution in [2.75, 3.05) is 0 Å². The van der Waals surface area contributed by atoms with Crippen LogP contribution in [0.3, 0.4) is 0 Å². The van der Waals surface area contributed by atoms with Gasteiger partial charge in [0.05, 0.1) is 0 Å². The summed E-state index contributed by atoms with van der Waals surface area (Å²) in [7, 11) is 0. The molecule has 0 N–H and O–H groups in total. The van der Waals surface area contributed by atoms with Crippen molar-refractivity contribution >= 4 is 29.0 Å². The highest BCUT2D eigenvalue weighted by Gasteiger charge is 2.42. The number of rotatable bonds is 0. The molecule has 0 saturated carbocycles. The molecule has 2 bridgehead atoms. The highest BCUT2D eigenvalue weighted by atomic mass is 14.4. The zero-order valence-electron chi connectivity index (χ0n) is 15.4. The van der Waals surface area contributed by atoms with Crippen LogP contribution >= 0.6 is 0 Å². The van der Waals surface area contributed by atoms with Gasteiger partial charge < -0.3 is 0 Å². The Labute approximate surface area is 163 Å². The first-order valence-electron chi connectivity index (χ1n) is 10.00. The van der Waals surface area contributed by atoms with Crippen molar-refractivity contribution in [3.05, 3.63) is 112 Å². The molecule has 4 aromatic rings. The first-order valence-corrected chi connectivity index (χ1v) is 10.00. The SMILES string of the molecule is C1=C2C=c3cccc4c3=CC2(Cc2c1ccc1ccccc21)c1ccccc1-4. The molecule has 7 rings (SSSR count). The average Bonchev–Trinajstić information content (AvgIpc) is 2.76. The Bertz CT molecular complexity index is 1480. The Balaban J connectivity index is 1.66. The van der Waals surface area contributed by atoms with Crippen LogP contribution in [0.15, 0.2) is 84.4 Å². The van der Waals surface area contributed by atoms with Gasteiger partial charge in [-0.05, 0) is 67.1 Å². The molecule has 0 heteroatoms. The topological polar surface area (TPSA) is 0 Å². The molecule has 0 saturated heterocycles. The molecular weight excluding hydrogens is 336 g/mol. The molecule has 0 fully saturated rings. The maximum Gasteiger partial charge on any atom is 0.0438 e. The monoisotopic (exact) mass is 354 g/mol. The Morgan fingerprint density at radius 1 is 0.679 bits per heavy atom. The molecule has 0 nitrogen and oxygen atoms in total. The summed E-state index contributed by atoms with van der Waals surface area (Å²) in [6.45, 7) is 0. The Morgan fingerprint density at radius 2 is 1.54 bits per heavy atom. The fourth-order valence-electron chi connectivity index (χ4n) is 5.62. The highest BCUT2D eigenvalue weighted by molar-refractivity contribution is 5.95. The van der Waals surface area contributed by atoms with Crippen LogP contribution in [0.4, 0.5) is 0 Å². The molecule has 3 aliphatic carbocycles. The van der Waals surface area contributed by atoms with Crippen molar-refractivity contribution in [3.8, 4) is 11.1 Å². The molecule has 0 heterocycles. The minimum Gasteiger partial charge on any atom is -0.0619 e. The standard InChI is InChI=1S/C28H18/c1-2-8-22-18(6-1)12-13-20-15-21-14-19-7-5-10-23-24-9-3-4-11-27(24)28(21,16-25(20)22)17-26(19)23/h1-15,17H,16H2. The molecule has 4 aromatic carbocycles. The second-order valence-corrected chi connectivity index (χ2v) is 8.25. The van der Waals surface area contributed by atoms with Gasteiger partial charge in [-0.1, -0.05) is 91.0 Å². The van der Waals surface area contributed by atoms with E-state index in [1.54, 1.807) is 0 Å². The van der Waals surface area contributed by atoms with E-state index in [2.05, 4.69) is 97.1 Å². The van der Waals surface area contributed by atoms with Crippen molar-refractivity contribution in [1.82, 2.24) is 0 Å². The number of hydrogen-bond donors (Lipinski definition) is 0. The van der Waals surface area contributed by atoms with Crippen molar-refractivity contribution in [3.63, 3.8) is 0 Å². The lowest BCUT2D eigenvalue weighted by Gasteiger charge is -2.42. The summed E-state index contributed by atoms with van der Waals surface area (Å²) in [6.07, 6.45) is 8.43. The van der Waals surface area contributed by atoms with Gasteiger partial charge in [-0.2, -0.15) is 0 Å². The molecule has 0 amide bonds. The van der Waals surface area contributed by atoms with Crippen LogP contribution in [-0.4, -0.2) is 0 Å². The van der Waals surface area contributed by atoms with Crippen LogP contribution < -0.4 is 10.4 Å². The van der Waals surface area contributed by atoms with Crippen molar-refractivity contribution < 1.29 is 0 Å². The molecule has 0 aromatic heterocycles. The first kappa shape index (κ1) is 14.6. The number of hydrogen-bond acceptors (Lipinski definition) is 0. The molecule has 1 spiro atoms. The van der Waals surface area contributed by atoms with Crippen molar-refractivity contribution in [2.45, 2.75) is 11.8 Å². The average molecular weight is 354 g/mol. The van der Waals surface area contributed by atoms with E-state index in [0.717, 1.165) is 6.42 Å². The summed E-state index contributed by atoms with van der Waals surface area (Å²) in [5.74, 6) is 0. The lowest BCUT2D eigenvalue weighted by Crippen LogP contribution is -2.44. The summed E-state index contributed by atoms with van der Waals surface area (Å²) in [5.41, 5.74) is 8.42. The van der Waals surface area contributed by atoms with Gasteiger partial charge in [-0.15, -0.1) is 0 Å². The lowest BCUT2D eigenvalue weighted by atomic mass is 9.60. The molecule has 0 radical (unpaired) electrons. The third-order valence-electron chi connectivity index (χ3n) is 6.90. The van der Waals surface area contributed by atoms with E-state index < -0.39 is 0 Å². The van der Waals surface area contributed by atoms with Gasteiger partial charge in [0.15, 0.2) is 0 Å². The third-order valence-corrected chi connectivity index (χ3v) is 6.90. The normalized spacial score (nSPS) is 20.2. The summed E-state index contributed by atoms with van der Waals surface area (Å²) < 4.78 is 0. The molecule has 28 heavy (non-hydrogen) atoms. The van der Waals surface area contributed by atoms with Crippen molar-refractivity contribution in [2.24, 2.45) is 0 Å². The maximum atomic E-state index is 2.55. The van der Waals surface area contributed by atoms with E-state index >= 15 is 0 Å². The quantitative estimate of drug-likeness (QED) is 0.418. The molecule has 1 atom stereocenters. The Morgan fingerprint density at radius 3 is 2.54 bits per heavy atom. The summed E-state index contributed by atoms with van der Waals surface area (Å²) in [6, 6.07) is 29.1. The van der Waals surface area contributed by atoms with E-state index in [9.17, 15) is 0 Å². The second-order valence-electron chi connectivity index (χ2n) is 8.25. The van der Waals surface area contributed by atoms with E-state index in [1.165, 1.54) is 54.6 Å². The number of fused-ring (bicyclic) bond motifs is 5. The minimum atomic E-state index is -0.0604. The van der Waals surface area contributed by atoms with Crippen LogP contribution in [0, 0.1) is 0 Å². The smallest absolute Gasteiger partial charge is 0.0438 e. The zero-order chi connectivity index (χ0) is 18.3. The van der Waals surface area contributed by atoms with Crippen LogP contribution in [-0.2, 0) is 11.8 Å². The van der Waals surface area contributed by atoms with Gasteiger partial charge >= 0.3 is 0 Å². The molecule has 3 aliphatic rings. The maximum absolute atomic E-state index is 2.55. The van der Waals surface area contributed by atoms with Gasteiger partial charge in [-0.3, -0.25) is 0 Å². The highest BCUT2D eigenvalue weighted by Crippen LogP contribution is 2.50. The van der Waals surface area contributed by atoms with Crippen LogP contribution in [0.25, 0.3) is 40.1 Å². The van der Waals surface area contributed by atoms with Crippen LogP contribution in [0.2, 0.25) is 0 Å². The molecular formula is C28H18. The van der Waals surface area contributed by atoms with Gasteiger partial charge in [0.1, 0.15) is 0 Å². The minimum absolute atomic E-state index is 0.0604. The first-order chi connectivity index (χ1) is 13.8. The predicted molar refractivity (Wildman–Crippen MR) is 117 cm³/mol. The molecule has 130 valence electrons.